The highest BCUT2D eigenvalue weighted by molar-refractivity contribution is 7.80. The zero-order chi connectivity index (χ0) is 26.5. The summed E-state index contributed by atoms with van der Waals surface area (Å²) in [7, 11) is 1.71. The largest absolute Gasteiger partial charge is 0.496 e. The van der Waals surface area contributed by atoms with Crippen molar-refractivity contribution in [2.24, 2.45) is 5.10 Å². The third kappa shape index (κ3) is 16.2. The SMILES string of the molecule is CCCCCCCCCCCCCCCCCCNC(=S)N/N=C/c1ccc(OC)c(C(C)(C)C)c1. The Morgan fingerprint density at radius 2 is 1.33 bits per heavy atom. The van der Waals surface area contributed by atoms with E-state index < -0.39 is 0 Å². The summed E-state index contributed by atoms with van der Waals surface area (Å²) in [5.41, 5.74) is 5.12. The first-order chi connectivity index (χ1) is 17.4. The van der Waals surface area contributed by atoms with Gasteiger partial charge in [0.15, 0.2) is 5.11 Å². The van der Waals surface area contributed by atoms with Gasteiger partial charge in [0.25, 0.3) is 0 Å². The van der Waals surface area contributed by atoms with E-state index in [0.717, 1.165) is 29.8 Å². The van der Waals surface area contributed by atoms with Crippen LogP contribution in [0.15, 0.2) is 23.3 Å². The summed E-state index contributed by atoms with van der Waals surface area (Å²) in [5, 5.41) is 8.14. The Kier molecular flexibility index (Phi) is 18.4. The van der Waals surface area contributed by atoms with Crippen LogP contribution in [0.5, 0.6) is 5.75 Å². The summed E-state index contributed by atoms with van der Waals surface area (Å²) in [6.07, 6.45) is 24.0. The number of ether oxygens (including phenoxy) is 1. The number of hydrazone groups is 1. The summed E-state index contributed by atoms with van der Waals surface area (Å²) in [4.78, 5) is 0. The average molecular weight is 518 g/mol. The van der Waals surface area contributed by atoms with Gasteiger partial charge in [-0.25, -0.2) is 0 Å². The molecule has 0 radical (unpaired) electrons. The molecule has 0 saturated heterocycles. The van der Waals surface area contributed by atoms with E-state index in [9.17, 15) is 0 Å². The molecule has 0 aliphatic rings. The topological polar surface area (TPSA) is 45.7 Å². The van der Waals surface area contributed by atoms with E-state index in [1.54, 1.807) is 13.3 Å². The molecule has 0 atom stereocenters. The quantitative estimate of drug-likeness (QED) is 0.0783. The second kappa shape index (κ2) is 20.4. The minimum atomic E-state index is 0.00638. The van der Waals surface area contributed by atoms with E-state index >= 15 is 0 Å². The molecule has 1 aromatic carbocycles. The Balaban J connectivity index is 1.99. The monoisotopic (exact) mass is 517 g/mol. The molecule has 0 aliphatic carbocycles. The molecular formula is C31H55N3OS. The van der Waals surface area contributed by atoms with Crippen LogP contribution in [0, 0.1) is 0 Å². The Morgan fingerprint density at radius 3 is 1.81 bits per heavy atom. The highest BCUT2D eigenvalue weighted by Crippen LogP contribution is 2.31. The molecular weight excluding hydrogens is 462 g/mol. The van der Waals surface area contributed by atoms with Crippen LogP contribution in [0.25, 0.3) is 0 Å². The van der Waals surface area contributed by atoms with Gasteiger partial charge in [0, 0.05) is 12.1 Å². The van der Waals surface area contributed by atoms with Gasteiger partial charge in [-0.3, -0.25) is 5.43 Å². The predicted octanol–water partition coefficient (Wildman–Crippen LogP) is 9.05. The zero-order valence-corrected chi connectivity index (χ0v) is 24.9. The molecule has 1 aromatic rings. The normalized spacial score (nSPS) is 11.7. The van der Waals surface area contributed by atoms with Crippen LogP contribution in [0.4, 0.5) is 0 Å². The molecule has 2 N–H and O–H groups in total. The summed E-state index contributed by atoms with van der Waals surface area (Å²) in [5.74, 6) is 0.906. The van der Waals surface area contributed by atoms with Crippen molar-refractivity contribution in [3.8, 4) is 5.75 Å². The number of unbranched alkanes of at least 4 members (excludes halogenated alkanes) is 15. The van der Waals surface area contributed by atoms with Crippen molar-refractivity contribution >= 4 is 23.5 Å². The molecule has 4 nitrogen and oxygen atoms in total. The van der Waals surface area contributed by atoms with Gasteiger partial charge in [-0.2, -0.15) is 5.10 Å². The Morgan fingerprint density at radius 1 is 0.833 bits per heavy atom. The van der Waals surface area contributed by atoms with Crippen molar-refractivity contribution in [2.45, 2.75) is 136 Å². The van der Waals surface area contributed by atoms with E-state index in [4.69, 9.17) is 17.0 Å². The number of nitrogens with zero attached hydrogens (tertiary/aromatic N) is 1. The summed E-state index contributed by atoms with van der Waals surface area (Å²) in [6, 6.07) is 6.12. The number of thiocarbonyl (C=S) groups is 1. The van der Waals surface area contributed by atoms with Crippen LogP contribution in [-0.2, 0) is 5.41 Å². The lowest BCUT2D eigenvalue weighted by Gasteiger charge is -2.22. The van der Waals surface area contributed by atoms with Crippen molar-refractivity contribution in [1.82, 2.24) is 10.7 Å². The van der Waals surface area contributed by atoms with E-state index in [0.29, 0.717) is 5.11 Å². The standard InChI is InChI=1S/C31H55N3OS/c1-6-7-8-9-10-11-12-13-14-15-16-17-18-19-20-21-24-32-30(36)34-33-26-27-22-23-29(35-5)28(25-27)31(2,3)4/h22-23,25-26H,6-21,24H2,1-5H3,(H2,32,34,36)/b33-26+. The average Bonchev–Trinajstić information content (AvgIpc) is 2.85. The molecule has 0 amide bonds. The maximum atomic E-state index is 5.50. The Bertz CT molecular complexity index is 727. The molecule has 0 heterocycles. The zero-order valence-electron chi connectivity index (χ0n) is 24.1. The highest BCUT2D eigenvalue weighted by Gasteiger charge is 2.18. The third-order valence-corrected chi connectivity index (χ3v) is 6.96. The summed E-state index contributed by atoms with van der Waals surface area (Å²) >= 11 is 5.35. The first kappa shape index (κ1) is 32.4. The van der Waals surface area contributed by atoms with Crippen LogP contribution in [0.1, 0.15) is 142 Å². The summed E-state index contributed by atoms with van der Waals surface area (Å²) < 4.78 is 5.50. The molecule has 5 heteroatoms. The Hall–Kier alpha value is -1.62. The molecule has 0 aliphatic heterocycles. The number of hydrogen-bond donors (Lipinski definition) is 2. The second-order valence-corrected chi connectivity index (χ2v) is 11.5. The van der Waals surface area contributed by atoms with E-state index in [-0.39, 0.29) is 5.41 Å². The number of rotatable bonds is 20. The Labute approximate surface area is 228 Å². The van der Waals surface area contributed by atoms with Gasteiger partial charge in [0.05, 0.1) is 13.3 Å². The van der Waals surface area contributed by atoms with Gasteiger partial charge in [0.1, 0.15) is 5.75 Å². The third-order valence-electron chi connectivity index (χ3n) is 6.73. The molecule has 0 aromatic heterocycles. The van der Waals surface area contributed by atoms with E-state index in [1.165, 1.54) is 96.3 Å². The number of nitrogens with one attached hydrogen (secondary N) is 2. The van der Waals surface area contributed by atoms with Crippen molar-refractivity contribution in [1.29, 1.82) is 0 Å². The lowest BCUT2D eigenvalue weighted by Crippen LogP contribution is -2.32. The number of benzene rings is 1. The maximum Gasteiger partial charge on any atom is 0.186 e. The van der Waals surface area contributed by atoms with Crippen LogP contribution in [0.3, 0.4) is 0 Å². The molecule has 0 saturated carbocycles. The van der Waals surface area contributed by atoms with Gasteiger partial charge in [-0.05, 0) is 47.8 Å². The lowest BCUT2D eigenvalue weighted by molar-refractivity contribution is 0.397. The molecule has 36 heavy (non-hydrogen) atoms. The molecule has 206 valence electrons. The predicted molar refractivity (Wildman–Crippen MR) is 163 cm³/mol. The van der Waals surface area contributed by atoms with E-state index in [1.807, 2.05) is 12.1 Å². The maximum absolute atomic E-state index is 5.50. The highest BCUT2D eigenvalue weighted by atomic mass is 32.1. The summed E-state index contributed by atoms with van der Waals surface area (Å²) in [6.45, 7) is 9.73. The smallest absolute Gasteiger partial charge is 0.186 e. The first-order valence-electron chi connectivity index (χ1n) is 14.6. The van der Waals surface area contributed by atoms with Crippen LogP contribution < -0.4 is 15.5 Å². The molecule has 1 rings (SSSR count). The fourth-order valence-electron chi connectivity index (χ4n) is 4.47. The van der Waals surface area contributed by atoms with E-state index in [2.05, 4.69) is 49.6 Å². The molecule has 0 spiro atoms. The fourth-order valence-corrected chi connectivity index (χ4v) is 4.63. The number of hydrogen-bond acceptors (Lipinski definition) is 3. The molecule has 0 fully saturated rings. The van der Waals surface area contributed by atoms with Gasteiger partial charge in [0.2, 0.25) is 0 Å². The number of methoxy groups -OCH3 is 1. The van der Waals surface area contributed by atoms with Gasteiger partial charge >= 0.3 is 0 Å². The fraction of sp³-hybridized carbons (Fsp3) is 0.742. The van der Waals surface area contributed by atoms with Gasteiger partial charge in [-0.15, -0.1) is 0 Å². The van der Waals surface area contributed by atoms with Crippen molar-refractivity contribution in [2.75, 3.05) is 13.7 Å². The van der Waals surface area contributed by atoms with Gasteiger partial charge < -0.3 is 10.1 Å². The second-order valence-electron chi connectivity index (χ2n) is 11.1. The van der Waals surface area contributed by atoms with Crippen LogP contribution in [-0.4, -0.2) is 25.0 Å². The molecule has 0 unspecified atom stereocenters. The van der Waals surface area contributed by atoms with Crippen LogP contribution in [0.2, 0.25) is 0 Å². The van der Waals surface area contributed by atoms with Crippen molar-refractivity contribution in [3.63, 3.8) is 0 Å². The van der Waals surface area contributed by atoms with Gasteiger partial charge in [-0.1, -0.05) is 124 Å². The molecule has 0 bridgehead atoms. The minimum absolute atomic E-state index is 0.00638. The van der Waals surface area contributed by atoms with Crippen molar-refractivity contribution < 1.29 is 4.74 Å². The first-order valence-corrected chi connectivity index (χ1v) is 15.0. The lowest BCUT2D eigenvalue weighted by atomic mass is 9.85. The van der Waals surface area contributed by atoms with Crippen LogP contribution >= 0.6 is 12.2 Å². The van der Waals surface area contributed by atoms with Crippen molar-refractivity contribution in [3.05, 3.63) is 29.3 Å². The minimum Gasteiger partial charge on any atom is -0.496 e.